The Morgan fingerprint density at radius 1 is 1.05 bits per heavy atom. The van der Waals surface area contributed by atoms with Gasteiger partial charge in [0.15, 0.2) is 0 Å². The van der Waals surface area contributed by atoms with E-state index in [0.29, 0.717) is 11.1 Å². The number of amides is 1. The largest absolute Gasteiger partial charge is 0.465 e. The lowest BCUT2D eigenvalue weighted by Crippen LogP contribution is -2.26. The smallest absolute Gasteiger partial charge is 0.337 e. The van der Waals surface area contributed by atoms with E-state index in [4.69, 9.17) is 0 Å². The van der Waals surface area contributed by atoms with Gasteiger partial charge in [-0.3, -0.25) is 4.79 Å². The summed E-state index contributed by atoms with van der Waals surface area (Å²) in [7, 11) is 1.32. The Morgan fingerprint density at radius 2 is 1.64 bits per heavy atom. The average Bonchev–Trinajstić information content (AvgIpc) is 2.54. The van der Waals surface area contributed by atoms with Crippen LogP contribution >= 0.6 is 15.9 Å². The summed E-state index contributed by atoms with van der Waals surface area (Å²) >= 11 is 3.47. The molecule has 1 N–H and O–H groups in total. The van der Waals surface area contributed by atoms with Gasteiger partial charge in [0.25, 0.3) is 5.91 Å². The molecule has 0 spiro atoms. The molecular weight excluding hydrogens is 346 g/mol. The summed E-state index contributed by atoms with van der Waals surface area (Å²) < 4.78 is 5.58. The molecule has 0 aliphatic carbocycles. The van der Waals surface area contributed by atoms with Crippen molar-refractivity contribution < 1.29 is 14.3 Å². The van der Waals surface area contributed by atoms with Crippen molar-refractivity contribution >= 4 is 27.8 Å². The van der Waals surface area contributed by atoms with Crippen LogP contribution in [0.1, 0.15) is 39.2 Å². The molecule has 2 aromatic carbocycles. The van der Waals surface area contributed by atoms with E-state index in [0.717, 1.165) is 10.0 Å². The van der Waals surface area contributed by atoms with Crippen LogP contribution in [-0.2, 0) is 4.74 Å². The number of nitrogens with one attached hydrogen (secondary N) is 1. The quantitative estimate of drug-likeness (QED) is 0.844. The van der Waals surface area contributed by atoms with Gasteiger partial charge in [0.1, 0.15) is 0 Å². The van der Waals surface area contributed by atoms with Gasteiger partial charge in [-0.2, -0.15) is 0 Å². The molecule has 5 heteroatoms. The second-order valence-electron chi connectivity index (χ2n) is 4.79. The lowest BCUT2D eigenvalue weighted by Gasteiger charge is -2.16. The first-order valence-corrected chi connectivity index (χ1v) is 7.56. The number of benzene rings is 2. The maximum absolute atomic E-state index is 12.2. The van der Waals surface area contributed by atoms with Crippen molar-refractivity contribution in [2.45, 2.75) is 13.0 Å². The third-order valence-electron chi connectivity index (χ3n) is 3.29. The lowest BCUT2D eigenvalue weighted by atomic mass is 10.1. The number of esters is 1. The fourth-order valence-corrected chi connectivity index (χ4v) is 2.69. The third-order valence-corrected chi connectivity index (χ3v) is 4.01. The molecule has 0 heterocycles. The zero-order valence-corrected chi connectivity index (χ0v) is 13.9. The minimum atomic E-state index is -0.423. The molecule has 0 saturated heterocycles. The number of hydrogen-bond donors (Lipinski definition) is 1. The van der Waals surface area contributed by atoms with Crippen molar-refractivity contribution in [2.24, 2.45) is 0 Å². The summed E-state index contributed by atoms with van der Waals surface area (Å²) in [5, 5.41) is 2.93. The van der Waals surface area contributed by atoms with E-state index in [1.54, 1.807) is 24.3 Å². The number of carbonyl (C=O) groups excluding carboxylic acids is 2. The number of rotatable bonds is 4. The number of hydrogen-bond acceptors (Lipinski definition) is 3. The summed E-state index contributed by atoms with van der Waals surface area (Å²) in [6.07, 6.45) is 0. The van der Waals surface area contributed by atoms with Crippen molar-refractivity contribution in [1.82, 2.24) is 5.32 Å². The van der Waals surface area contributed by atoms with Crippen molar-refractivity contribution in [1.29, 1.82) is 0 Å². The molecule has 1 amide bonds. The minimum absolute atomic E-state index is 0.136. The number of methoxy groups -OCH3 is 1. The highest BCUT2D eigenvalue weighted by Gasteiger charge is 2.14. The van der Waals surface area contributed by atoms with Crippen molar-refractivity contribution in [2.75, 3.05) is 7.11 Å². The molecule has 2 aromatic rings. The van der Waals surface area contributed by atoms with E-state index in [9.17, 15) is 9.59 Å². The first kappa shape index (κ1) is 16.2. The molecular formula is C17H16BrNO3. The summed E-state index contributed by atoms with van der Waals surface area (Å²) in [5.74, 6) is -0.617. The summed E-state index contributed by atoms with van der Waals surface area (Å²) in [6.45, 7) is 1.92. The number of halogens is 1. The molecule has 0 fully saturated rings. The second kappa shape index (κ2) is 7.22. The molecule has 1 atom stereocenters. The predicted molar refractivity (Wildman–Crippen MR) is 87.8 cm³/mol. The van der Waals surface area contributed by atoms with Gasteiger partial charge in [-0.15, -0.1) is 0 Å². The van der Waals surface area contributed by atoms with E-state index < -0.39 is 5.97 Å². The van der Waals surface area contributed by atoms with Crippen LogP contribution in [0.2, 0.25) is 0 Å². The van der Waals surface area contributed by atoms with Gasteiger partial charge in [-0.25, -0.2) is 4.79 Å². The highest BCUT2D eigenvalue weighted by Crippen LogP contribution is 2.23. The minimum Gasteiger partial charge on any atom is -0.465 e. The molecule has 4 nitrogen and oxygen atoms in total. The third kappa shape index (κ3) is 3.74. The van der Waals surface area contributed by atoms with Crippen LogP contribution in [0.25, 0.3) is 0 Å². The van der Waals surface area contributed by atoms with Crippen molar-refractivity contribution in [3.63, 3.8) is 0 Å². The number of ether oxygens (including phenoxy) is 1. The van der Waals surface area contributed by atoms with Crippen LogP contribution in [0, 0.1) is 0 Å². The van der Waals surface area contributed by atoms with Gasteiger partial charge in [-0.1, -0.05) is 34.1 Å². The van der Waals surface area contributed by atoms with E-state index >= 15 is 0 Å². The van der Waals surface area contributed by atoms with Gasteiger partial charge in [0, 0.05) is 10.0 Å². The lowest BCUT2D eigenvalue weighted by molar-refractivity contribution is 0.0600. The normalized spacial score (nSPS) is 11.6. The zero-order valence-electron chi connectivity index (χ0n) is 12.3. The van der Waals surface area contributed by atoms with Gasteiger partial charge < -0.3 is 10.1 Å². The molecule has 0 radical (unpaired) electrons. The van der Waals surface area contributed by atoms with Crippen molar-refractivity contribution in [3.05, 3.63) is 69.7 Å². The Kier molecular flexibility index (Phi) is 5.33. The highest BCUT2D eigenvalue weighted by molar-refractivity contribution is 9.10. The molecule has 0 unspecified atom stereocenters. The maximum atomic E-state index is 12.2. The first-order valence-electron chi connectivity index (χ1n) is 6.76. The standard InChI is InChI=1S/C17H16BrNO3/c1-11(14-5-3-4-6-15(14)18)19-16(20)12-7-9-13(10-8-12)17(21)22-2/h3-11H,1-2H3,(H,19,20)/t11-/m0/s1. The van der Waals surface area contributed by atoms with Gasteiger partial charge >= 0.3 is 5.97 Å². The molecule has 0 aliphatic heterocycles. The van der Waals surface area contributed by atoms with Crippen LogP contribution in [-0.4, -0.2) is 19.0 Å². The van der Waals surface area contributed by atoms with Crippen LogP contribution in [0.15, 0.2) is 53.0 Å². The second-order valence-corrected chi connectivity index (χ2v) is 5.64. The molecule has 0 bridgehead atoms. The van der Waals surface area contributed by atoms with Crippen molar-refractivity contribution in [3.8, 4) is 0 Å². The number of carbonyl (C=O) groups is 2. The predicted octanol–water partition coefficient (Wildman–Crippen LogP) is 3.73. The molecule has 0 saturated carbocycles. The van der Waals surface area contributed by atoms with Crippen LogP contribution < -0.4 is 5.32 Å². The highest BCUT2D eigenvalue weighted by atomic mass is 79.9. The van der Waals surface area contributed by atoms with Crippen LogP contribution in [0.5, 0.6) is 0 Å². The van der Waals surface area contributed by atoms with E-state index in [1.165, 1.54) is 7.11 Å². The molecule has 2 rings (SSSR count). The Balaban J connectivity index is 2.09. The fourth-order valence-electron chi connectivity index (χ4n) is 2.06. The topological polar surface area (TPSA) is 55.4 Å². The molecule has 0 aliphatic rings. The first-order chi connectivity index (χ1) is 10.5. The van der Waals surface area contributed by atoms with E-state index in [2.05, 4.69) is 26.0 Å². The molecule has 0 aromatic heterocycles. The van der Waals surface area contributed by atoms with Gasteiger partial charge in [0.2, 0.25) is 0 Å². The Labute approximate surface area is 137 Å². The van der Waals surface area contributed by atoms with E-state index in [-0.39, 0.29) is 11.9 Å². The Hall–Kier alpha value is -2.14. The van der Waals surface area contributed by atoms with E-state index in [1.807, 2.05) is 31.2 Å². The maximum Gasteiger partial charge on any atom is 0.337 e. The monoisotopic (exact) mass is 361 g/mol. The SMILES string of the molecule is COC(=O)c1ccc(C(=O)N[C@@H](C)c2ccccc2Br)cc1. The van der Waals surface area contributed by atoms with Crippen LogP contribution in [0.4, 0.5) is 0 Å². The van der Waals surface area contributed by atoms with Gasteiger partial charge in [0.05, 0.1) is 18.7 Å². The van der Waals surface area contributed by atoms with Crippen LogP contribution in [0.3, 0.4) is 0 Å². The molecule has 114 valence electrons. The fraction of sp³-hybridized carbons (Fsp3) is 0.176. The molecule has 22 heavy (non-hydrogen) atoms. The summed E-state index contributed by atoms with van der Waals surface area (Å²) in [6, 6.07) is 14.0. The average molecular weight is 362 g/mol. The summed E-state index contributed by atoms with van der Waals surface area (Å²) in [4.78, 5) is 23.6. The zero-order chi connectivity index (χ0) is 16.1. The Bertz CT molecular complexity index is 683. The summed E-state index contributed by atoms with van der Waals surface area (Å²) in [5.41, 5.74) is 1.91. The van der Waals surface area contributed by atoms with Gasteiger partial charge in [-0.05, 0) is 42.8 Å². The Morgan fingerprint density at radius 3 is 2.23 bits per heavy atom.